The van der Waals surface area contributed by atoms with Crippen LogP contribution in [0.15, 0.2) is 48.5 Å². The molecule has 0 N–H and O–H groups in total. The van der Waals surface area contributed by atoms with Crippen LogP contribution in [0.4, 0.5) is 0 Å². The molecule has 0 aliphatic heterocycles. The first-order valence-corrected chi connectivity index (χ1v) is 6.66. The van der Waals surface area contributed by atoms with Gasteiger partial charge in [-0.25, -0.2) is 0 Å². The molecule has 98 valence electrons. The van der Waals surface area contributed by atoms with Crippen LogP contribution in [0.1, 0.15) is 18.1 Å². The highest BCUT2D eigenvalue weighted by atomic mass is 16.5. The van der Waals surface area contributed by atoms with Crippen molar-refractivity contribution >= 4 is 0 Å². The van der Waals surface area contributed by atoms with Gasteiger partial charge >= 0.3 is 0 Å². The van der Waals surface area contributed by atoms with Gasteiger partial charge in [0.15, 0.2) is 0 Å². The number of hydrogen-bond donors (Lipinski definition) is 0. The lowest BCUT2D eigenvalue weighted by molar-refractivity contribution is -0.0468. The van der Waals surface area contributed by atoms with Gasteiger partial charge in [0.2, 0.25) is 0 Å². The van der Waals surface area contributed by atoms with E-state index in [1.54, 1.807) is 7.11 Å². The number of fused-ring (bicyclic) bond motifs is 3. The van der Waals surface area contributed by atoms with Gasteiger partial charge in [-0.3, -0.25) is 0 Å². The van der Waals surface area contributed by atoms with Crippen LogP contribution < -0.4 is 0 Å². The monoisotopic (exact) mass is 254 g/mol. The van der Waals surface area contributed by atoms with Gasteiger partial charge in [-0.1, -0.05) is 48.5 Å². The van der Waals surface area contributed by atoms with Gasteiger partial charge in [0, 0.05) is 13.7 Å². The number of ether oxygens (including phenoxy) is 2. The van der Waals surface area contributed by atoms with Crippen molar-refractivity contribution in [3.05, 3.63) is 59.7 Å². The topological polar surface area (TPSA) is 18.5 Å². The summed E-state index contributed by atoms with van der Waals surface area (Å²) in [7, 11) is 1.76. The van der Waals surface area contributed by atoms with Gasteiger partial charge in [-0.05, 0) is 29.2 Å². The summed E-state index contributed by atoms with van der Waals surface area (Å²) >= 11 is 0. The Labute approximate surface area is 114 Å². The normalized spacial score (nSPS) is 15.1. The maximum absolute atomic E-state index is 5.93. The lowest BCUT2D eigenvalue weighted by atomic mass is 9.92. The van der Waals surface area contributed by atoms with Crippen LogP contribution in [0, 0.1) is 0 Å². The minimum absolute atomic E-state index is 0.469. The molecule has 19 heavy (non-hydrogen) atoms. The second-order valence-electron chi connectivity index (χ2n) is 4.76. The summed E-state index contributed by atoms with van der Waals surface area (Å²) in [6.07, 6.45) is 0. The van der Waals surface area contributed by atoms with Crippen LogP contribution in [0.5, 0.6) is 0 Å². The van der Waals surface area contributed by atoms with Gasteiger partial charge in [-0.2, -0.15) is 0 Å². The Balaban J connectivity index is 2.23. The molecule has 0 saturated heterocycles. The standard InChI is InChI=1S/C17H18O2/c1-3-19-12-17(18-2)15-10-6-4-8-13(15)14-9-5-7-11-16(14)17/h4-11H,3,12H2,1-2H3. The zero-order valence-electron chi connectivity index (χ0n) is 11.3. The van der Waals surface area contributed by atoms with Gasteiger partial charge in [0.05, 0.1) is 6.61 Å². The van der Waals surface area contributed by atoms with Gasteiger partial charge in [-0.15, -0.1) is 0 Å². The molecule has 1 aliphatic carbocycles. The van der Waals surface area contributed by atoms with Gasteiger partial charge in [0.25, 0.3) is 0 Å². The molecule has 3 rings (SSSR count). The highest BCUT2D eigenvalue weighted by Gasteiger charge is 2.43. The molecule has 0 unspecified atom stereocenters. The quantitative estimate of drug-likeness (QED) is 0.830. The molecule has 0 fully saturated rings. The molecule has 2 nitrogen and oxygen atoms in total. The molecule has 0 radical (unpaired) electrons. The first-order chi connectivity index (χ1) is 9.33. The maximum Gasteiger partial charge on any atom is 0.142 e. The maximum atomic E-state index is 5.93. The highest BCUT2D eigenvalue weighted by Crippen LogP contribution is 2.49. The molecule has 0 spiro atoms. The number of hydrogen-bond acceptors (Lipinski definition) is 2. The van der Waals surface area contributed by atoms with Crippen molar-refractivity contribution in [3.63, 3.8) is 0 Å². The Hall–Kier alpha value is -1.64. The fourth-order valence-corrected chi connectivity index (χ4v) is 2.97. The second-order valence-corrected chi connectivity index (χ2v) is 4.76. The van der Waals surface area contributed by atoms with E-state index >= 15 is 0 Å². The minimum Gasteiger partial charge on any atom is -0.378 e. The van der Waals surface area contributed by atoms with E-state index in [4.69, 9.17) is 9.47 Å². The molecule has 0 atom stereocenters. The third kappa shape index (κ3) is 1.71. The first kappa shape index (κ1) is 12.4. The summed E-state index contributed by atoms with van der Waals surface area (Å²) in [5.41, 5.74) is 4.43. The van der Waals surface area contributed by atoms with E-state index in [1.165, 1.54) is 22.3 Å². The Morgan fingerprint density at radius 1 is 0.895 bits per heavy atom. The summed E-state index contributed by atoms with van der Waals surface area (Å²) in [5, 5.41) is 0. The predicted octanol–water partition coefficient (Wildman–Crippen LogP) is 3.59. The van der Waals surface area contributed by atoms with E-state index in [1.807, 2.05) is 6.92 Å². The zero-order chi connectivity index (χ0) is 13.3. The van der Waals surface area contributed by atoms with Crippen LogP contribution in [0.3, 0.4) is 0 Å². The average Bonchev–Trinajstić information content (AvgIpc) is 2.77. The average molecular weight is 254 g/mol. The zero-order valence-corrected chi connectivity index (χ0v) is 11.3. The largest absolute Gasteiger partial charge is 0.378 e. The molecule has 2 heteroatoms. The van der Waals surface area contributed by atoms with Gasteiger partial charge in [0.1, 0.15) is 5.60 Å². The lowest BCUT2D eigenvalue weighted by Crippen LogP contribution is -2.33. The molecule has 0 saturated carbocycles. The fourth-order valence-electron chi connectivity index (χ4n) is 2.97. The summed E-state index contributed by atoms with van der Waals surface area (Å²) in [4.78, 5) is 0. The molecule has 2 aromatic rings. The lowest BCUT2D eigenvalue weighted by Gasteiger charge is -2.30. The molecule has 0 bridgehead atoms. The van der Waals surface area contributed by atoms with Crippen molar-refractivity contribution in [2.45, 2.75) is 12.5 Å². The molecule has 0 heterocycles. The van der Waals surface area contributed by atoms with Crippen molar-refractivity contribution < 1.29 is 9.47 Å². The van der Waals surface area contributed by atoms with Crippen molar-refractivity contribution in [2.75, 3.05) is 20.3 Å². The Kier molecular flexibility index (Phi) is 3.13. The van der Waals surface area contributed by atoms with Crippen molar-refractivity contribution in [2.24, 2.45) is 0 Å². The third-order valence-corrected chi connectivity index (χ3v) is 3.87. The van der Waals surface area contributed by atoms with Crippen LogP contribution in [-0.4, -0.2) is 20.3 Å². The Bertz CT molecular complexity index is 544. The van der Waals surface area contributed by atoms with Crippen LogP contribution in [0.2, 0.25) is 0 Å². The third-order valence-electron chi connectivity index (χ3n) is 3.87. The van der Waals surface area contributed by atoms with Crippen molar-refractivity contribution in [1.29, 1.82) is 0 Å². The summed E-state index contributed by atoms with van der Waals surface area (Å²) < 4.78 is 11.6. The van der Waals surface area contributed by atoms with E-state index in [9.17, 15) is 0 Å². The van der Waals surface area contributed by atoms with E-state index in [2.05, 4.69) is 48.5 Å². The molecular weight excluding hydrogens is 236 g/mol. The smallest absolute Gasteiger partial charge is 0.142 e. The number of rotatable bonds is 4. The summed E-state index contributed by atoms with van der Waals surface area (Å²) in [5.74, 6) is 0. The van der Waals surface area contributed by atoms with Gasteiger partial charge < -0.3 is 9.47 Å². The fraction of sp³-hybridized carbons (Fsp3) is 0.294. The Morgan fingerprint density at radius 2 is 1.42 bits per heavy atom. The molecule has 0 amide bonds. The van der Waals surface area contributed by atoms with Crippen LogP contribution in [-0.2, 0) is 15.1 Å². The molecule has 2 aromatic carbocycles. The molecular formula is C17H18O2. The highest BCUT2D eigenvalue weighted by molar-refractivity contribution is 5.80. The van der Waals surface area contributed by atoms with E-state index in [0.29, 0.717) is 13.2 Å². The van der Waals surface area contributed by atoms with E-state index in [0.717, 1.165) is 0 Å². The summed E-state index contributed by atoms with van der Waals surface area (Å²) in [6, 6.07) is 16.8. The number of methoxy groups -OCH3 is 1. The molecule has 0 aromatic heterocycles. The Morgan fingerprint density at radius 3 is 1.89 bits per heavy atom. The first-order valence-electron chi connectivity index (χ1n) is 6.66. The van der Waals surface area contributed by atoms with Crippen LogP contribution in [0.25, 0.3) is 11.1 Å². The van der Waals surface area contributed by atoms with E-state index < -0.39 is 5.60 Å². The predicted molar refractivity (Wildman–Crippen MR) is 76.2 cm³/mol. The summed E-state index contributed by atoms with van der Waals surface area (Å²) in [6.45, 7) is 3.25. The molecule has 1 aliphatic rings. The van der Waals surface area contributed by atoms with E-state index in [-0.39, 0.29) is 0 Å². The van der Waals surface area contributed by atoms with Crippen LogP contribution >= 0.6 is 0 Å². The van der Waals surface area contributed by atoms with Crippen molar-refractivity contribution in [1.82, 2.24) is 0 Å². The van der Waals surface area contributed by atoms with Crippen molar-refractivity contribution in [3.8, 4) is 11.1 Å². The SMILES string of the molecule is CCOCC1(OC)c2ccccc2-c2ccccc21. The number of benzene rings is 2. The second kappa shape index (κ2) is 4.80. The minimum atomic E-state index is -0.469.